The molecule has 11 rings (SSSR count). The number of nitrogens with zero attached hydrogens (tertiary/aromatic N) is 5. The molecule has 11 aliphatic heterocycles. The second-order valence-electron chi connectivity index (χ2n) is 15.8. The van der Waals surface area contributed by atoms with Crippen molar-refractivity contribution < 1.29 is 23.7 Å². The van der Waals surface area contributed by atoms with Crippen LogP contribution < -0.4 is 0 Å². The molecule has 0 N–H and O–H groups in total. The van der Waals surface area contributed by atoms with Gasteiger partial charge in [-0.3, -0.25) is 24.5 Å². The van der Waals surface area contributed by atoms with Gasteiger partial charge in [-0.25, -0.2) is 0 Å². The third kappa shape index (κ3) is 5.31. The molecule has 0 aromatic rings. The molecule has 0 aromatic heterocycles. The maximum Gasteiger partial charge on any atom is 0.0731 e. The largest absolute Gasteiger partial charge is 0.379 e. The molecule has 13 unspecified atom stereocenters. The van der Waals surface area contributed by atoms with Crippen molar-refractivity contribution in [1.82, 2.24) is 24.5 Å². The van der Waals surface area contributed by atoms with Gasteiger partial charge in [0.25, 0.3) is 0 Å². The van der Waals surface area contributed by atoms with Crippen molar-refractivity contribution >= 4 is 0 Å². The molecule has 10 heteroatoms. The number of likely N-dealkylation sites (tertiary alicyclic amines) is 1. The first kappa shape index (κ1) is 29.7. The van der Waals surface area contributed by atoms with Gasteiger partial charge in [-0.2, -0.15) is 0 Å². The zero-order valence-electron chi connectivity index (χ0n) is 27.2. The van der Waals surface area contributed by atoms with E-state index in [1.165, 1.54) is 44.9 Å². The van der Waals surface area contributed by atoms with Gasteiger partial charge in [0.1, 0.15) is 0 Å². The number of hydrogen-bond donors (Lipinski definition) is 0. The Bertz CT molecular complexity index is 967. The molecule has 44 heavy (non-hydrogen) atoms. The Kier molecular flexibility index (Phi) is 8.27. The summed E-state index contributed by atoms with van der Waals surface area (Å²) in [5.41, 5.74) is 0. The highest BCUT2D eigenvalue weighted by molar-refractivity contribution is 5.12. The van der Waals surface area contributed by atoms with E-state index < -0.39 is 0 Å². The highest BCUT2D eigenvalue weighted by Gasteiger charge is 2.56. The molecular formula is C34H57N5O5. The topological polar surface area (TPSA) is 62.3 Å². The third-order valence-corrected chi connectivity index (χ3v) is 13.4. The Morgan fingerprint density at radius 3 is 1.73 bits per heavy atom. The fraction of sp³-hybridized carbons (Fsp3) is 1.00. The van der Waals surface area contributed by atoms with Gasteiger partial charge in [-0.1, -0.05) is 0 Å². The number of hydrogen-bond acceptors (Lipinski definition) is 10. The maximum absolute atomic E-state index is 6.51. The van der Waals surface area contributed by atoms with Crippen LogP contribution in [0.25, 0.3) is 0 Å². The maximum atomic E-state index is 6.51. The average molecular weight is 616 g/mol. The molecule has 248 valence electrons. The van der Waals surface area contributed by atoms with Gasteiger partial charge < -0.3 is 23.7 Å². The highest BCUT2D eigenvalue weighted by atomic mass is 16.5. The minimum absolute atomic E-state index is 0.378. The summed E-state index contributed by atoms with van der Waals surface area (Å²) in [6.45, 7) is 17.0. The van der Waals surface area contributed by atoms with Crippen molar-refractivity contribution in [1.29, 1.82) is 0 Å². The Morgan fingerprint density at radius 2 is 1.11 bits per heavy atom. The number of ether oxygens (including phenoxy) is 5. The van der Waals surface area contributed by atoms with Gasteiger partial charge in [-0.15, -0.1) is 0 Å². The summed E-state index contributed by atoms with van der Waals surface area (Å²) in [7, 11) is 0. The molecule has 11 aliphatic rings. The van der Waals surface area contributed by atoms with E-state index in [1.807, 2.05) is 0 Å². The number of morpholine rings is 5. The van der Waals surface area contributed by atoms with E-state index in [0.717, 1.165) is 78.8 Å². The zero-order chi connectivity index (χ0) is 29.4. The fourth-order valence-corrected chi connectivity index (χ4v) is 11.2. The predicted octanol–water partition coefficient (Wildman–Crippen LogP) is 1.26. The smallest absolute Gasteiger partial charge is 0.0731 e. The summed E-state index contributed by atoms with van der Waals surface area (Å²) in [5.74, 6) is 0. The quantitative estimate of drug-likeness (QED) is 0.379. The van der Waals surface area contributed by atoms with Gasteiger partial charge >= 0.3 is 0 Å². The summed E-state index contributed by atoms with van der Waals surface area (Å²) in [4.78, 5) is 14.6. The molecular weight excluding hydrogens is 558 g/mol. The second-order valence-corrected chi connectivity index (χ2v) is 15.8. The van der Waals surface area contributed by atoms with Crippen LogP contribution in [0.3, 0.4) is 0 Å². The van der Waals surface area contributed by atoms with E-state index in [1.54, 1.807) is 0 Å². The number of rotatable bonds is 9. The van der Waals surface area contributed by atoms with Gasteiger partial charge in [0, 0.05) is 101 Å². The second kappa shape index (κ2) is 12.2. The van der Waals surface area contributed by atoms with E-state index in [-0.39, 0.29) is 0 Å². The van der Waals surface area contributed by atoms with Crippen LogP contribution in [0.5, 0.6) is 0 Å². The Balaban J connectivity index is 1.15. The van der Waals surface area contributed by atoms with Crippen molar-refractivity contribution in [2.75, 3.05) is 78.8 Å². The lowest BCUT2D eigenvalue weighted by atomic mass is 9.81. The third-order valence-electron chi connectivity index (χ3n) is 13.4. The lowest BCUT2D eigenvalue weighted by Gasteiger charge is -2.61. The minimum atomic E-state index is 0.378. The molecule has 0 spiro atoms. The SMILES string of the molecule is CC(C(C(C(C(C)N1CCOCC1)N1CC2CCC1CO2)N1C2CCC1COC2)N1CC2CCC(C1)O2)N1CC2CC(C1)O2. The lowest BCUT2D eigenvalue weighted by molar-refractivity contribution is -0.201. The molecule has 0 aromatic carbocycles. The first-order chi connectivity index (χ1) is 21.6. The van der Waals surface area contributed by atoms with Crippen LogP contribution in [0, 0.1) is 0 Å². The van der Waals surface area contributed by atoms with Gasteiger partial charge in [-0.05, 0) is 52.4 Å². The van der Waals surface area contributed by atoms with Crippen LogP contribution in [0.4, 0.5) is 0 Å². The molecule has 0 aliphatic carbocycles. The Hall–Kier alpha value is -0.400. The summed E-state index contributed by atoms with van der Waals surface area (Å²) in [6.07, 6.45) is 10.7. The van der Waals surface area contributed by atoms with E-state index >= 15 is 0 Å². The first-order valence-electron chi connectivity index (χ1n) is 18.4. The standard InChI is InChI=1S/C34H57N5O5/c1-22(36-16-30-13-31(17-36)44-30)32(37-14-28-7-8-29(15-37)43-28)34(39-25-3-4-26(39)20-41-19-25)33(23(2)35-9-11-40-12-10-35)38-18-27-6-5-24(38)21-42-27/h22-34H,3-21H2,1-2H3. The van der Waals surface area contributed by atoms with Crippen LogP contribution in [-0.4, -0.2) is 182 Å². The Morgan fingerprint density at radius 1 is 0.523 bits per heavy atom. The minimum Gasteiger partial charge on any atom is -0.379 e. The zero-order valence-corrected chi connectivity index (χ0v) is 27.2. The molecule has 0 radical (unpaired) electrons. The van der Waals surface area contributed by atoms with Crippen LogP contribution >= 0.6 is 0 Å². The number of piperidine rings is 2. The van der Waals surface area contributed by atoms with E-state index in [4.69, 9.17) is 23.7 Å². The van der Waals surface area contributed by atoms with Gasteiger partial charge in [0.15, 0.2) is 0 Å². The molecule has 13 atom stereocenters. The van der Waals surface area contributed by atoms with Crippen molar-refractivity contribution in [2.24, 2.45) is 0 Å². The van der Waals surface area contributed by atoms with Gasteiger partial charge in [0.2, 0.25) is 0 Å². The van der Waals surface area contributed by atoms with E-state index in [2.05, 4.69) is 38.3 Å². The molecule has 11 fully saturated rings. The molecule has 11 heterocycles. The molecule has 10 nitrogen and oxygen atoms in total. The summed E-state index contributed by atoms with van der Waals surface area (Å²) in [5, 5.41) is 0. The first-order valence-corrected chi connectivity index (χ1v) is 18.4. The monoisotopic (exact) mass is 615 g/mol. The van der Waals surface area contributed by atoms with Crippen LogP contribution in [0.15, 0.2) is 0 Å². The van der Waals surface area contributed by atoms with Crippen molar-refractivity contribution in [3.8, 4) is 0 Å². The summed E-state index contributed by atoms with van der Waals surface area (Å²) < 4.78 is 31.3. The lowest BCUT2D eigenvalue weighted by Crippen LogP contribution is -2.76. The van der Waals surface area contributed by atoms with Crippen LogP contribution in [-0.2, 0) is 23.7 Å². The van der Waals surface area contributed by atoms with Crippen molar-refractivity contribution in [3.05, 3.63) is 0 Å². The molecule has 0 saturated carbocycles. The average Bonchev–Trinajstić information content (AvgIpc) is 3.52. The van der Waals surface area contributed by atoms with E-state index in [9.17, 15) is 0 Å². The van der Waals surface area contributed by atoms with Gasteiger partial charge in [0.05, 0.1) is 63.6 Å². The molecule has 8 bridgehead atoms. The fourth-order valence-electron chi connectivity index (χ4n) is 11.2. The molecule has 0 amide bonds. The van der Waals surface area contributed by atoms with Crippen LogP contribution in [0.1, 0.15) is 58.8 Å². The highest BCUT2D eigenvalue weighted by Crippen LogP contribution is 2.42. The normalized spacial score (nSPS) is 45.1. The van der Waals surface area contributed by atoms with Crippen molar-refractivity contribution in [2.45, 2.75) is 138 Å². The summed E-state index contributed by atoms with van der Waals surface area (Å²) in [6, 6.07) is 3.71. The summed E-state index contributed by atoms with van der Waals surface area (Å²) >= 11 is 0. The Labute approximate surface area is 264 Å². The predicted molar refractivity (Wildman–Crippen MR) is 166 cm³/mol. The van der Waals surface area contributed by atoms with Crippen LogP contribution in [0.2, 0.25) is 0 Å². The number of fused-ring (bicyclic) bond motifs is 9. The van der Waals surface area contributed by atoms with Crippen molar-refractivity contribution in [3.63, 3.8) is 0 Å². The van der Waals surface area contributed by atoms with E-state index in [0.29, 0.717) is 78.9 Å². The molecule has 11 saturated heterocycles.